The van der Waals surface area contributed by atoms with Crippen LogP contribution >= 0.6 is 12.2 Å². The third-order valence-electron chi connectivity index (χ3n) is 4.30. The van der Waals surface area contributed by atoms with Crippen LogP contribution in [0.15, 0.2) is 48.5 Å². The van der Waals surface area contributed by atoms with Crippen molar-refractivity contribution >= 4 is 28.9 Å². The fourth-order valence-electron chi connectivity index (χ4n) is 2.88. The van der Waals surface area contributed by atoms with Crippen LogP contribution in [0.3, 0.4) is 0 Å². The van der Waals surface area contributed by atoms with Crippen molar-refractivity contribution in [3.63, 3.8) is 0 Å². The van der Waals surface area contributed by atoms with Crippen LogP contribution in [0.5, 0.6) is 5.75 Å². The first kappa shape index (κ1) is 19.3. The van der Waals surface area contributed by atoms with Gasteiger partial charge in [-0.05, 0) is 42.0 Å². The number of nitrogens with one attached hydrogen (secondary N) is 2. The van der Waals surface area contributed by atoms with Gasteiger partial charge in [0.1, 0.15) is 5.75 Å². The van der Waals surface area contributed by atoms with Crippen LogP contribution in [0.1, 0.15) is 15.9 Å². The second-order valence-electron chi connectivity index (χ2n) is 6.19. The fraction of sp³-hybridized carbons (Fsp3) is 0.300. The van der Waals surface area contributed by atoms with E-state index in [4.69, 9.17) is 21.7 Å². The number of hydrogen-bond donors (Lipinski definition) is 2. The van der Waals surface area contributed by atoms with Crippen LogP contribution in [-0.4, -0.2) is 49.3 Å². The van der Waals surface area contributed by atoms with Crippen LogP contribution in [-0.2, 0) is 11.3 Å². The third-order valence-corrected chi connectivity index (χ3v) is 4.50. The van der Waals surface area contributed by atoms with Crippen molar-refractivity contribution < 1.29 is 14.3 Å². The molecule has 2 aromatic carbocycles. The molecule has 3 rings (SSSR count). The summed E-state index contributed by atoms with van der Waals surface area (Å²) in [5.41, 5.74) is 2.49. The molecule has 1 saturated heterocycles. The molecule has 0 aromatic heterocycles. The van der Waals surface area contributed by atoms with Crippen molar-refractivity contribution in [1.82, 2.24) is 10.2 Å². The van der Waals surface area contributed by atoms with E-state index in [9.17, 15) is 4.79 Å². The van der Waals surface area contributed by atoms with Crippen LogP contribution in [0, 0.1) is 0 Å². The van der Waals surface area contributed by atoms with Crippen LogP contribution in [0.2, 0.25) is 0 Å². The number of amides is 1. The van der Waals surface area contributed by atoms with Gasteiger partial charge in [-0.3, -0.25) is 15.0 Å². The third kappa shape index (κ3) is 5.50. The first-order chi connectivity index (χ1) is 13.2. The van der Waals surface area contributed by atoms with Gasteiger partial charge in [-0.15, -0.1) is 0 Å². The van der Waals surface area contributed by atoms with E-state index in [-0.39, 0.29) is 11.0 Å². The summed E-state index contributed by atoms with van der Waals surface area (Å²) in [4.78, 5) is 14.7. The summed E-state index contributed by atoms with van der Waals surface area (Å²) in [5.74, 6) is 0.194. The molecule has 7 heteroatoms. The van der Waals surface area contributed by atoms with E-state index in [1.54, 1.807) is 18.2 Å². The molecule has 2 N–H and O–H groups in total. The van der Waals surface area contributed by atoms with E-state index in [2.05, 4.69) is 27.7 Å². The molecule has 1 aliphatic heterocycles. The van der Waals surface area contributed by atoms with E-state index in [0.29, 0.717) is 11.3 Å². The highest BCUT2D eigenvalue weighted by molar-refractivity contribution is 7.80. The number of thiocarbonyl (C=S) groups is 1. The van der Waals surface area contributed by atoms with Gasteiger partial charge in [0, 0.05) is 25.3 Å². The lowest BCUT2D eigenvalue weighted by atomic mass is 10.2. The normalized spacial score (nSPS) is 14.4. The minimum Gasteiger partial charge on any atom is -0.496 e. The largest absolute Gasteiger partial charge is 0.496 e. The van der Waals surface area contributed by atoms with Crippen molar-refractivity contribution in [2.24, 2.45) is 0 Å². The number of methoxy groups -OCH3 is 1. The average molecular weight is 385 g/mol. The SMILES string of the molecule is COc1ccccc1C(=O)NC(=S)Nc1ccc(CN2CCOCC2)cc1. The number of rotatable bonds is 5. The van der Waals surface area contributed by atoms with Gasteiger partial charge in [-0.1, -0.05) is 24.3 Å². The number of benzene rings is 2. The Hall–Kier alpha value is -2.48. The zero-order valence-electron chi connectivity index (χ0n) is 15.2. The summed E-state index contributed by atoms with van der Waals surface area (Å²) in [7, 11) is 1.53. The Labute approximate surface area is 164 Å². The van der Waals surface area contributed by atoms with E-state index in [1.807, 2.05) is 18.2 Å². The summed E-state index contributed by atoms with van der Waals surface area (Å²) in [6.45, 7) is 4.40. The number of ether oxygens (including phenoxy) is 2. The number of para-hydroxylation sites is 1. The predicted octanol–water partition coefficient (Wildman–Crippen LogP) is 2.65. The Bertz CT molecular complexity index is 789. The first-order valence-electron chi connectivity index (χ1n) is 8.80. The number of carbonyl (C=O) groups excluding carboxylic acids is 1. The molecule has 0 unspecified atom stereocenters. The molecule has 142 valence electrons. The topological polar surface area (TPSA) is 62.8 Å². The van der Waals surface area contributed by atoms with Gasteiger partial charge in [-0.25, -0.2) is 0 Å². The molecule has 0 saturated carbocycles. The second kappa shape index (κ2) is 9.45. The fourth-order valence-corrected chi connectivity index (χ4v) is 3.09. The summed E-state index contributed by atoms with van der Waals surface area (Å²) in [6.07, 6.45) is 0. The number of hydrogen-bond acceptors (Lipinski definition) is 5. The van der Waals surface area contributed by atoms with Crippen LogP contribution in [0.25, 0.3) is 0 Å². The lowest BCUT2D eigenvalue weighted by molar-refractivity contribution is 0.0342. The first-order valence-corrected chi connectivity index (χ1v) is 9.21. The molecule has 0 atom stereocenters. The molecule has 6 nitrogen and oxygen atoms in total. The number of nitrogens with zero attached hydrogens (tertiary/aromatic N) is 1. The molecular weight excluding hydrogens is 362 g/mol. The zero-order chi connectivity index (χ0) is 19.1. The van der Waals surface area contributed by atoms with Crippen molar-refractivity contribution in [3.05, 3.63) is 59.7 Å². The number of anilines is 1. The van der Waals surface area contributed by atoms with Gasteiger partial charge in [0.15, 0.2) is 5.11 Å². The maximum absolute atomic E-state index is 12.4. The lowest BCUT2D eigenvalue weighted by Gasteiger charge is -2.26. The second-order valence-corrected chi connectivity index (χ2v) is 6.60. The van der Waals surface area contributed by atoms with E-state index in [1.165, 1.54) is 12.7 Å². The highest BCUT2D eigenvalue weighted by atomic mass is 32.1. The highest BCUT2D eigenvalue weighted by Crippen LogP contribution is 2.17. The Balaban J connectivity index is 1.53. The standard InChI is InChI=1S/C20H23N3O3S/c1-25-18-5-3-2-4-17(18)19(24)22-20(27)21-16-8-6-15(7-9-16)14-23-10-12-26-13-11-23/h2-9H,10-14H2,1H3,(H2,21,22,24,27). The molecule has 0 aliphatic carbocycles. The molecule has 2 aromatic rings. The van der Waals surface area contributed by atoms with Gasteiger partial charge in [0.25, 0.3) is 5.91 Å². The molecule has 1 amide bonds. The van der Waals surface area contributed by atoms with E-state index < -0.39 is 0 Å². The Morgan fingerprint density at radius 3 is 2.56 bits per heavy atom. The molecule has 0 bridgehead atoms. The summed E-state index contributed by atoms with van der Waals surface area (Å²) >= 11 is 5.25. The van der Waals surface area contributed by atoms with Gasteiger partial charge in [0.05, 0.1) is 25.9 Å². The van der Waals surface area contributed by atoms with Crippen molar-refractivity contribution in [2.75, 3.05) is 38.7 Å². The molecule has 27 heavy (non-hydrogen) atoms. The highest BCUT2D eigenvalue weighted by Gasteiger charge is 2.13. The molecular formula is C20H23N3O3S. The molecule has 1 aliphatic rings. The lowest BCUT2D eigenvalue weighted by Crippen LogP contribution is -2.35. The molecule has 1 fully saturated rings. The molecule has 0 radical (unpaired) electrons. The zero-order valence-corrected chi connectivity index (χ0v) is 16.1. The minimum atomic E-state index is -0.311. The van der Waals surface area contributed by atoms with E-state index >= 15 is 0 Å². The predicted molar refractivity (Wildman–Crippen MR) is 109 cm³/mol. The number of carbonyl (C=O) groups is 1. The monoisotopic (exact) mass is 385 g/mol. The van der Waals surface area contributed by atoms with Crippen LogP contribution < -0.4 is 15.4 Å². The van der Waals surface area contributed by atoms with Gasteiger partial charge in [0.2, 0.25) is 0 Å². The average Bonchev–Trinajstić information content (AvgIpc) is 2.70. The molecule has 0 spiro atoms. The quantitative estimate of drug-likeness (QED) is 0.772. The Kier molecular flexibility index (Phi) is 6.75. The molecule has 1 heterocycles. The number of morpholine rings is 1. The van der Waals surface area contributed by atoms with Gasteiger partial charge >= 0.3 is 0 Å². The van der Waals surface area contributed by atoms with E-state index in [0.717, 1.165) is 38.5 Å². The van der Waals surface area contributed by atoms with Crippen molar-refractivity contribution in [3.8, 4) is 5.75 Å². The van der Waals surface area contributed by atoms with Gasteiger partial charge < -0.3 is 14.8 Å². The Morgan fingerprint density at radius 2 is 1.85 bits per heavy atom. The summed E-state index contributed by atoms with van der Waals surface area (Å²) < 4.78 is 10.6. The van der Waals surface area contributed by atoms with Gasteiger partial charge in [-0.2, -0.15) is 0 Å². The summed E-state index contributed by atoms with van der Waals surface area (Å²) in [5, 5.41) is 5.96. The van der Waals surface area contributed by atoms with Crippen molar-refractivity contribution in [2.45, 2.75) is 6.54 Å². The Morgan fingerprint density at radius 1 is 1.15 bits per heavy atom. The smallest absolute Gasteiger partial charge is 0.261 e. The van der Waals surface area contributed by atoms with Crippen LogP contribution in [0.4, 0.5) is 5.69 Å². The summed E-state index contributed by atoms with van der Waals surface area (Å²) in [6, 6.07) is 15.0. The maximum atomic E-state index is 12.4. The van der Waals surface area contributed by atoms with Crippen molar-refractivity contribution in [1.29, 1.82) is 0 Å². The minimum absolute atomic E-state index is 0.242. The maximum Gasteiger partial charge on any atom is 0.261 e.